The molecule has 1 aromatic rings. The van der Waals surface area contributed by atoms with Crippen molar-refractivity contribution in [2.45, 2.75) is 19.3 Å². The molecule has 1 unspecified atom stereocenters. The molecule has 0 heterocycles. The average Bonchev–Trinajstić information content (AvgIpc) is 2.34. The van der Waals surface area contributed by atoms with Crippen molar-refractivity contribution in [3.05, 3.63) is 41.8 Å². The number of fused-ring (bicyclic) bond motifs is 1. The van der Waals surface area contributed by atoms with Gasteiger partial charge in [-0.1, -0.05) is 31.2 Å². The summed E-state index contributed by atoms with van der Waals surface area (Å²) in [5.41, 5.74) is 2.96. The smallest absolute Gasteiger partial charge is 0.00842 e. The van der Waals surface area contributed by atoms with E-state index in [4.69, 9.17) is 0 Å². The standard InChI is InChI=1S/C10H11/c1-8-6-7-9-4-2-3-5-10(8)9/h2-5,7-8H,6H2,1H3. The van der Waals surface area contributed by atoms with Crippen LogP contribution in [-0.4, -0.2) is 0 Å². The highest BCUT2D eigenvalue weighted by Gasteiger charge is 2.16. The quantitative estimate of drug-likeness (QED) is 0.508. The third-order valence-corrected chi connectivity index (χ3v) is 2.22. The zero-order valence-electron chi connectivity index (χ0n) is 6.17. The number of benzene rings is 1. The van der Waals surface area contributed by atoms with Crippen LogP contribution in [0.25, 0.3) is 0 Å². The Morgan fingerprint density at radius 1 is 1.30 bits per heavy atom. The van der Waals surface area contributed by atoms with Gasteiger partial charge < -0.3 is 0 Å². The van der Waals surface area contributed by atoms with E-state index in [2.05, 4.69) is 37.6 Å². The number of rotatable bonds is 0. The lowest BCUT2D eigenvalue weighted by atomic mass is 10.0. The van der Waals surface area contributed by atoms with Crippen LogP contribution >= 0.6 is 0 Å². The van der Waals surface area contributed by atoms with Crippen molar-refractivity contribution in [1.29, 1.82) is 0 Å². The summed E-state index contributed by atoms with van der Waals surface area (Å²) in [7, 11) is 0. The van der Waals surface area contributed by atoms with Crippen molar-refractivity contribution >= 4 is 0 Å². The lowest BCUT2D eigenvalue weighted by Crippen LogP contribution is -1.83. The van der Waals surface area contributed by atoms with Gasteiger partial charge in [0, 0.05) is 0 Å². The molecule has 0 nitrogen and oxygen atoms in total. The monoisotopic (exact) mass is 131 g/mol. The molecule has 0 N–H and O–H groups in total. The molecule has 0 bridgehead atoms. The second-order valence-corrected chi connectivity index (χ2v) is 2.97. The van der Waals surface area contributed by atoms with Crippen molar-refractivity contribution in [3.8, 4) is 0 Å². The molecule has 51 valence electrons. The van der Waals surface area contributed by atoms with Crippen LogP contribution in [0.5, 0.6) is 0 Å². The largest absolute Gasteiger partial charge is 0.0620 e. The fraction of sp³-hybridized carbons (Fsp3) is 0.300. The minimum absolute atomic E-state index is 0.746. The predicted molar refractivity (Wildman–Crippen MR) is 42.9 cm³/mol. The molecule has 1 aliphatic carbocycles. The Labute approximate surface area is 61.9 Å². The van der Waals surface area contributed by atoms with Gasteiger partial charge >= 0.3 is 0 Å². The molecule has 0 fully saturated rings. The maximum atomic E-state index is 2.32. The summed E-state index contributed by atoms with van der Waals surface area (Å²) < 4.78 is 0. The van der Waals surface area contributed by atoms with E-state index in [1.807, 2.05) is 0 Å². The lowest BCUT2D eigenvalue weighted by molar-refractivity contribution is 0.804. The highest BCUT2D eigenvalue weighted by Crippen LogP contribution is 2.33. The second-order valence-electron chi connectivity index (χ2n) is 2.97. The van der Waals surface area contributed by atoms with E-state index in [0.29, 0.717) is 0 Å². The van der Waals surface area contributed by atoms with Crippen LogP contribution in [0.1, 0.15) is 30.4 Å². The Balaban J connectivity index is 2.51. The zero-order valence-corrected chi connectivity index (χ0v) is 6.17. The van der Waals surface area contributed by atoms with Gasteiger partial charge in [0.15, 0.2) is 0 Å². The van der Waals surface area contributed by atoms with Gasteiger partial charge in [0.1, 0.15) is 0 Å². The van der Waals surface area contributed by atoms with E-state index in [0.717, 1.165) is 5.92 Å². The topological polar surface area (TPSA) is 0 Å². The minimum atomic E-state index is 0.746. The van der Waals surface area contributed by atoms with Crippen LogP contribution in [0.3, 0.4) is 0 Å². The van der Waals surface area contributed by atoms with E-state index in [-0.39, 0.29) is 0 Å². The van der Waals surface area contributed by atoms with Gasteiger partial charge in [0.25, 0.3) is 0 Å². The lowest BCUT2D eigenvalue weighted by Gasteiger charge is -2.01. The van der Waals surface area contributed by atoms with Crippen molar-refractivity contribution < 1.29 is 0 Å². The average molecular weight is 131 g/mol. The van der Waals surface area contributed by atoms with Crippen LogP contribution in [0.4, 0.5) is 0 Å². The highest BCUT2D eigenvalue weighted by molar-refractivity contribution is 5.40. The maximum Gasteiger partial charge on any atom is -0.00842 e. The SMILES string of the molecule is CC1C[CH]c2ccccc21. The summed E-state index contributed by atoms with van der Waals surface area (Å²) in [5.74, 6) is 0.746. The van der Waals surface area contributed by atoms with Crippen LogP contribution in [0.15, 0.2) is 24.3 Å². The number of hydrogen-bond acceptors (Lipinski definition) is 0. The highest BCUT2D eigenvalue weighted by atomic mass is 14.2. The van der Waals surface area contributed by atoms with Gasteiger partial charge in [-0.2, -0.15) is 0 Å². The molecule has 10 heavy (non-hydrogen) atoms. The van der Waals surface area contributed by atoms with E-state index in [9.17, 15) is 0 Å². The van der Waals surface area contributed by atoms with E-state index in [1.54, 1.807) is 0 Å². The van der Waals surface area contributed by atoms with E-state index in [1.165, 1.54) is 17.5 Å². The minimum Gasteiger partial charge on any atom is -0.0620 e. The van der Waals surface area contributed by atoms with Crippen LogP contribution in [-0.2, 0) is 0 Å². The Hall–Kier alpha value is -0.780. The summed E-state index contributed by atoms with van der Waals surface area (Å²) in [6.07, 6.45) is 3.54. The summed E-state index contributed by atoms with van der Waals surface area (Å²) in [5, 5.41) is 0. The van der Waals surface area contributed by atoms with Crippen molar-refractivity contribution in [2.24, 2.45) is 0 Å². The molecular formula is C10H11. The molecule has 0 saturated heterocycles. The van der Waals surface area contributed by atoms with Crippen molar-refractivity contribution in [3.63, 3.8) is 0 Å². The van der Waals surface area contributed by atoms with E-state index < -0.39 is 0 Å². The first kappa shape index (κ1) is 5.96. The van der Waals surface area contributed by atoms with Gasteiger partial charge in [-0.15, -0.1) is 0 Å². The molecule has 1 aromatic carbocycles. The summed E-state index contributed by atoms with van der Waals surface area (Å²) in [6, 6.07) is 8.64. The molecular weight excluding hydrogens is 120 g/mol. The third-order valence-electron chi connectivity index (χ3n) is 2.22. The molecule has 0 spiro atoms. The second kappa shape index (κ2) is 2.12. The van der Waals surface area contributed by atoms with Crippen LogP contribution < -0.4 is 0 Å². The fourth-order valence-corrected chi connectivity index (χ4v) is 1.58. The van der Waals surface area contributed by atoms with Crippen molar-refractivity contribution in [2.75, 3.05) is 0 Å². The molecule has 0 amide bonds. The number of hydrogen-bond donors (Lipinski definition) is 0. The maximum absolute atomic E-state index is 2.32. The first-order valence-electron chi connectivity index (χ1n) is 3.80. The molecule has 0 saturated carbocycles. The normalized spacial score (nSPS) is 22.7. The molecule has 1 aliphatic rings. The Morgan fingerprint density at radius 3 is 2.90 bits per heavy atom. The molecule has 0 heteroatoms. The van der Waals surface area contributed by atoms with Crippen molar-refractivity contribution in [1.82, 2.24) is 0 Å². The van der Waals surface area contributed by atoms with Gasteiger partial charge in [-0.3, -0.25) is 0 Å². The molecule has 1 radical (unpaired) electrons. The van der Waals surface area contributed by atoms with Gasteiger partial charge in [-0.25, -0.2) is 0 Å². The zero-order chi connectivity index (χ0) is 6.97. The Morgan fingerprint density at radius 2 is 2.10 bits per heavy atom. The Bertz CT molecular complexity index is 238. The molecule has 1 atom stereocenters. The first-order valence-corrected chi connectivity index (χ1v) is 3.80. The van der Waals surface area contributed by atoms with E-state index >= 15 is 0 Å². The van der Waals surface area contributed by atoms with Gasteiger partial charge in [-0.05, 0) is 29.9 Å². The molecule has 0 aromatic heterocycles. The van der Waals surface area contributed by atoms with Crippen LogP contribution in [0, 0.1) is 6.42 Å². The fourth-order valence-electron chi connectivity index (χ4n) is 1.58. The third kappa shape index (κ3) is 0.756. The summed E-state index contributed by atoms with van der Waals surface area (Å²) in [6.45, 7) is 2.28. The van der Waals surface area contributed by atoms with Gasteiger partial charge in [0.05, 0.1) is 0 Å². The summed E-state index contributed by atoms with van der Waals surface area (Å²) in [4.78, 5) is 0. The predicted octanol–water partition coefficient (Wildman–Crippen LogP) is 2.75. The first-order chi connectivity index (χ1) is 4.88. The summed E-state index contributed by atoms with van der Waals surface area (Å²) >= 11 is 0. The molecule has 0 aliphatic heterocycles. The van der Waals surface area contributed by atoms with Crippen LogP contribution in [0.2, 0.25) is 0 Å². The molecule has 2 rings (SSSR count). The Kier molecular flexibility index (Phi) is 1.26. The van der Waals surface area contributed by atoms with Gasteiger partial charge in [0.2, 0.25) is 0 Å².